The van der Waals surface area contributed by atoms with Gasteiger partial charge in [-0.3, -0.25) is 9.59 Å². The highest BCUT2D eigenvalue weighted by Gasteiger charge is 2.30. The number of amides is 1. The lowest BCUT2D eigenvalue weighted by Crippen LogP contribution is -2.17. The number of anilines is 1. The van der Waals surface area contributed by atoms with E-state index >= 15 is 0 Å². The number of ketones is 1. The van der Waals surface area contributed by atoms with Crippen molar-refractivity contribution in [3.8, 4) is 0 Å². The van der Waals surface area contributed by atoms with Gasteiger partial charge in [-0.05, 0) is 6.07 Å². The molecule has 1 aromatic rings. The van der Waals surface area contributed by atoms with Gasteiger partial charge in [0.25, 0.3) is 11.7 Å². The molecule has 1 aliphatic heterocycles. The number of rotatable bonds is 0. The summed E-state index contributed by atoms with van der Waals surface area (Å²) >= 11 is 5.75. The topological polar surface area (TPSA) is 46.2 Å². The van der Waals surface area contributed by atoms with Gasteiger partial charge in [0.05, 0.1) is 10.7 Å². The summed E-state index contributed by atoms with van der Waals surface area (Å²) in [6.45, 7) is 0. The van der Waals surface area contributed by atoms with Crippen LogP contribution in [0.5, 0.6) is 0 Å². The van der Waals surface area contributed by atoms with Gasteiger partial charge >= 0.3 is 0 Å². The molecular formula is C8H3BClNO2. The van der Waals surface area contributed by atoms with E-state index in [1.54, 1.807) is 0 Å². The normalized spacial score (nSPS) is 14.2. The van der Waals surface area contributed by atoms with Crippen LogP contribution in [0.15, 0.2) is 12.1 Å². The number of Topliss-reactive ketones (excluding diaryl/α,β-unsaturated/α-hetero) is 1. The van der Waals surface area contributed by atoms with Crippen LogP contribution in [0.4, 0.5) is 5.69 Å². The number of halogens is 1. The quantitative estimate of drug-likeness (QED) is 0.473. The highest BCUT2D eigenvalue weighted by atomic mass is 35.5. The highest BCUT2D eigenvalue weighted by molar-refractivity contribution is 6.57. The van der Waals surface area contributed by atoms with Crippen LogP contribution in [0.2, 0.25) is 5.02 Å². The zero-order valence-electron chi connectivity index (χ0n) is 6.43. The van der Waals surface area contributed by atoms with Crippen molar-refractivity contribution in [2.45, 2.75) is 0 Å². The summed E-state index contributed by atoms with van der Waals surface area (Å²) in [5.41, 5.74) is 0.761. The van der Waals surface area contributed by atoms with Crippen molar-refractivity contribution < 1.29 is 9.59 Å². The predicted octanol–water partition coefficient (Wildman–Crippen LogP) is 0.269. The average molecular weight is 191 g/mol. The van der Waals surface area contributed by atoms with E-state index in [4.69, 9.17) is 19.4 Å². The first kappa shape index (κ1) is 8.32. The average Bonchev–Trinajstić information content (AvgIpc) is 2.38. The van der Waals surface area contributed by atoms with Gasteiger partial charge in [0.1, 0.15) is 7.85 Å². The third-order valence-corrected chi connectivity index (χ3v) is 2.17. The van der Waals surface area contributed by atoms with E-state index in [1.807, 2.05) is 0 Å². The zero-order valence-corrected chi connectivity index (χ0v) is 7.18. The maximum atomic E-state index is 11.2. The largest absolute Gasteiger partial charge is 0.317 e. The molecule has 1 N–H and O–H groups in total. The predicted molar refractivity (Wildman–Crippen MR) is 49.8 cm³/mol. The van der Waals surface area contributed by atoms with Crippen molar-refractivity contribution in [1.29, 1.82) is 0 Å². The molecule has 0 bridgehead atoms. The van der Waals surface area contributed by atoms with Crippen molar-refractivity contribution in [3.05, 3.63) is 22.7 Å². The molecule has 0 aliphatic carbocycles. The van der Waals surface area contributed by atoms with E-state index in [0.717, 1.165) is 0 Å². The maximum Gasteiger partial charge on any atom is 0.296 e. The Kier molecular flexibility index (Phi) is 1.67. The lowest BCUT2D eigenvalue weighted by molar-refractivity contribution is -0.112. The van der Waals surface area contributed by atoms with Gasteiger partial charge in [-0.25, -0.2) is 0 Å². The number of benzene rings is 1. The summed E-state index contributed by atoms with van der Waals surface area (Å²) in [6, 6.07) is 3.04. The molecule has 2 radical (unpaired) electrons. The summed E-state index contributed by atoms with van der Waals surface area (Å²) in [4.78, 5) is 22.2. The van der Waals surface area contributed by atoms with Gasteiger partial charge < -0.3 is 5.32 Å². The van der Waals surface area contributed by atoms with Crippen molar-refractivity contribution in [3.63, 3.8) is 0 Å². The second kappa shape index (κ2) is 2.60. The molecule has 0 spiro atoms. The highest BCUT2D eigenvalue weighted by Crippen LogP contribution is 2.28. The van der Waals surface area contributed by atoms with Crippen molar-refractivity contribution in [2.24, 2.45) is 0 Å². The van der Waals surface area contributed by atoms with Crippen LogP contribution in [0, 0.1) is 0 Å². The summed E-state index contributed by atoms with van der Waals surface area (Å²) in [6.07, 6.45) is 0. The van der Waals surface area contributed by atoms with Crippen molar-refractivity contribution in [1.82, 2.24) is 0 Å². The van der Waals surface area contributed by atoms with Crippen molar-refractivity contribution in [2.75, 3.05) is 5.32 Å². The number of hydrogen-bond acceptors (Lipinski definition) is 2. The molecule has 0 saturated heterocycles. The van der Waals surface area contributed by atoms with Gasteiger partial charge in [-0.1, -0.05) is 23.1 Å². The summed E-state index contributed by atoms with van der Waals surface area (Å²) < 4.78 is 0. The van der Waals surface area contributed by atoms with Crippen LogP contribution < -0.4 is 10.8 Å². The molecule has 5 heteroatoms. The molecule has 0 saturated carbocycles. The standard InChI is InChI=1S/C8H3BClNO2/c9-3-1-2-4(10)6-5(3)7(12)8(13)11-6/h1-2H,(H,11,12,13). The molecular weight excluding hydrogens is 188 g/mol. The SMILES string of the molecule is [B]c1ccc(Cl)c2c1C(=O)C(=O)N2. The smallest absolute Gasteiger partial charge is 0.296 e. The maximum absolute atomic E-state index is 11.2. The fraction of sp³-hybridized carbons (Fsp3) is 0. The lowest BCUT2D eigenvalue weighted by atomic mass is 9.89. The molecule has 62 valence electrons. The monoisotopic (exact) mass is 191 g/mol. The van der Waals surface area contributed by atoms with E-state index in [1.165, 1.54) is 12.1 Å². The number of carbonyl (C=O) groups is 2. The number of hydrogen-bond donors (Lipinski definition) is 1. The van der Waals surface area contributed by atoms with E-state index in [0.29, 0.717) is 10.7 Å². The number of fused-ring (bicyclic) bond motifs is 1. The van der Waals surface area contributed by atoms with Crippen LogP contribution in [-0.4, -0.2) is 19.5 Å². The van der Waals surface area contributed by atoms with E-state index in [2.05, 4.69) is 5.32 Å². The molecule has 0 atom stereocenters. The fourth-order valence-corrected chi connectivity index (χ4v) is 1.45. The third kappa shape index (κ3) is 1.06. The summed E-state index contributed by atoms with van der Waals surface area (Å²) in [5, 5.41) is 2.68. The van der Waals surface area contributed by atoms with Crippen LogP contribution in [0.1, 0.15) is 10.4 Å². The van der Waals surface area contributed by atoms with Crippen LogP contribution in [0.25, 0.3) is 0 Å². The van der Waals surface area contributed by atoms with E-state index in [-0.39, 0.29) is 11.0 Å². The van der Waals surface area contributed by atoms with Crippen LogP contribution >= 0.6 is 11.6 Å². The van der Waals surface area contributed by atoms with E-state index < -0.39 is 11.7 Å². The van der Waals surface area contributed by atoms with Gasteiger partial charge in [-0.15, -0.1) is 0 Å². The Balaban J connectivity index is 2.75. The first-order chi connectivity index (χ1) is 6.11. The minimum absolute atomic E-state index is 0.178. The molecule has 3 nitrogen and oxygen atoms in total. The Bertz CT molecular complexity index is 430. The minimum atomic E-state index is -0.685. The Morgan fingerprint density at radius 3 is 2.62 bits per heavy atom. The van der Waals surface area contributed by atoms with Crippen molar-refractivity contribution >= 4 is 42.3 Å². The molecule has 1 heterocycles. The number of carbonyl (C=O) groups excluding carboxylic acids is 2. The van der Waals surface area contributed by atoms with E-state index in [9.17, 15) is 9.59 Å². The second-order valence-electron chi connectivity index (χ2n) is 2.67. The molecule has 0 unspecified atom stereocenters. The molecule has 0 fully saturated rings. The van der Waals surface area contributed by atoms with Gasteiger partial charge in [0.15, 0.2) is 0 Å². The molecule has 1 aliphatic rings. The fourth-order valence-electron chi connectivity index (χ4n) is 1.24. The summed E-state index contributed by atoms with van der Waals surface area (Å²) in [7, 11) is 5.52. The minimum Gasteiger partial charge on any atom is -0.317 e. The third-order valence-electron chi connectivity index (χ3n) is 1.86. The lowest BCUT2D eigenvalue weighted by Gasteiger charge is -2.02. The molecule has 13 heavy (non-hydrogen) atoms. The Labute approximate surface area is 80.5 Å². The first-order valence-electron chi connectivity index (χ1n) is 3.55. The molecule has 1 aromatic carbocycles. The van der Waals surface area contributed by atoms with Gasteiger partial charge in [-0.2, -0.15) is 0 Å². The second-order valence-corrected chi connectivity index (χ2v) is 3.08. The number of nitrogens with one attached hydrogen (secondary N) is 1. The molecule has 0 aromatic heterocycles. The van der Waals surface area contributed by atoms with Crippen LogP contribution in [0.3, 0.4) is 0 Å². The Morgan fingerprint density at radius 2 is 2.00 bits per heavy atom. The van der Waals surface area contributed by atoms with Gasteiger partial charge in [0.2, 0.25) is 0 Å². The zero-order chi connectivity index (χ0) is 9.59. The molecule has 2 rings (SSSR count). The molecule has 1 amide bonds. The first-order valence-corrected chi connectivity index (χ1v) is 3.92. The Hall–Kier alpha value is -1.29. The Morgan fingerprint density at radius 1 is 1.31 bits per heavy atom. The summed E-state index contributed by atoms with van der Waals surface area (Å²) in [5.74, 6) is -1.31. The van der Waals surface area contributed by atoms with Crippen LogP contribution in [-0.2, 0) is 4.79 Å². The van der Waals surface area contributed by atoms with Gasteiger partial charge in [0, 0.05) is 5.56 Å².